The predicted molar refractivity (Wildman–Crippen MR) is 76.1 cm³/mol. The average Bonchev–Trinajstić information content (AvgIpc) is 2.82. The molecule has 0 aliphatic heterocycles. The quantitative estimate of drug-likeness (QED) is 0.918. The van der Waals surface area contributed by atoms with Gasteiger partial charge < -0.3 is 10.5 Å². The van der Waals surface area contributed by atoms with Crippen LogP contribution in [0.5, 0.6) is 5.75 Å². The number of benzene rings is 1. The molecule has 1 aromatic heterocycles. The van der Waals surface area contributed by atoms with Gasteiger partial charge in [-0.25, -0.2) is 4.98 Å². The maximum atomic E-state index is 5.79. The first-order valence-corrected chi connectivity index (χ1v) is 6.82. The van der Waals surface area contributed by atoms with Gasteiger partial charge in [0, 0.05) is 11.4 Å². The van der Waals surface area contributed by atoms with Crippen LogP contribution in [0.15, 0.2) is 24.3 Å². The molecule has 2 rings (SSSR count). The summed E-state index contributed by atoms with van der Waals surface area (Å²) in [5, 5.41) is 0.983. The third kappa shape index (κ3) is 2.40. The minimum atomic E-state index is 0.392. The van der Waals surface area contributed by atoms with Crippen LogP contribution in [0.3, 0.4) is 0 Å². The second-order valence-corrected chi connectivity index (χ2v) is 5.47. The monoisotopic (exact) mass is 262 g/mol. The lowest BCUT2D eigenvalue weighted by Crippen LogP contribution is -1.99. The molecule has 0 aliphatic rings. The zero-order chi connectivity index (χ0) is 13.1. The van der Waals surface area contributed by atoms with Crippen molar-refractivity contribution in [3.8, 4) is 16.3 Å². The Kier molecular flexibility index (Phi) is 3.99. The maximum absolute atomic E-state index is 5.79. The topological polar surface area (TPSA) is 48.1 Å². The van der Waals surface area contributed by atoms with E-state index in [0.717, 1.165) is 26.9 Å². The van der Waals surface area contributed by atoms with Gasteiger partial charge in [0.1, 0.15) is 10.8 Å². The van der Waals surface area contributed by atoms with Gasteiger partial charge in [0.2, 0.25) is 0 Å². The smallest absolute Gasteiger partial charge is 0.129 e. The highest BCUT2D eigenvalue weighted by atomic mass is 32.1. The Hall–Kier alpha value is -1.39. The summed E-state index contributed by atoms with van der Waals surface area (Å²) in [6.07, 6.45) is 0. The van der Waals surface area contributed by atoms with Crippen molar-refractivity contribution in [3.63, 3.8) is 0 Å². The van der Waals surface area contributed by atoms with Crippen LogP contribution in [0.25, 0.3) is 10.6 Å². The van der Waals surface area contributed by atoms with E-state index < -0.39 is 0 Å². The number of hydrogen-bond acceptors (Lipinski definition) is 4. The van der Waals surface area contributed by atoms with Gasteiger partial charge in [-0.05, 0) is 18.1 Å². The highest BCUT2D eigenvalue weighted by molar-refractivity contribution is 7.15. The summed E-state index contributed by atoms with van der Waals surface area (Å²) >= 11 is 1.65. The molecule has 0 aliphatic carbocycles. The van der Waals surface area contributed by atoms with Gasteiger partial charge in [0.25, 0.3) is 0 Å². The Morgan fingerprint density at radius 2 is 2.06 bits per heavy atom. The van der Waals surface area contributed by atoms with Crippen molar-refractivity contribution in [2.75, 3.05) is 7.11 Å². The van der Waals surface area contributed by atoms with Crippen molar-refractivity contribution in [3.05, 3.63) is 34.8 Å². The molecule has 0 saturated heterocycles. The first-order valence-electron chi connectivity index (χ1n) is 6.00. The molecule has 1 aromatic carbocycles. The zero-order valence-corrected chi connectivity index (χ0v) is 11.8. The molecule has 0 fully saturated rings. The van der Waals surface area contributed by atoms with Crippen LogP contribution in [0.2, 0.25) is 0 Å². The van der Waals surface area contributed by atoms with Crippen LogP contribution in [0.1, 0.15) is 30.3 Å². The van der Waals surface area contributed by atoms with E-state index in [1.807, 2.05) is 24.3 Å². The van der Waals surface area contributed by atoms with Gasteiger partial charge in [-0.2, -0.15) is 0 Å². The molecule has 3 nitrogen and oxygen atoms in total. The molecule has 0 amide bonds. The SMILES string of the molecule is COc1ccccc1-c1nc(C(C)C)c(CN)s1. The Morgan fingerprint density at radius 3 is 2.61 bits per heavy atom. The van der Waals surface area contributed by atoms with E-state index in [2.05, 4.69) is 13.8 Å². The number of hydrogen-bond donors (Lipinski definition) is 1. The number of rotatable bonds is 4. The minimum Gasteiger partial charge on any atom is -0.496 e. The molecule has 0 radical (unpaired) electrons. The third-order valence-electron chi connectivity index (χ3n) is 2.80. The second kappa shape index (κ2) is 5.50. The van der Waals surface area contributed by atoms with Crippen molar-refractivity contribution >= 4 is 11.3 Å². The van der Waals surface area contributed by atoms with Gasteiger partial charge >= 0.3 is 0 Å². The molecule has 0 atom stereocenters. The Morgan fingerprint density at radius 1 is 1.33 bits per heavy atom. The van der Waals surface area contributed by atoms with Crippen LogP contribution >= 0.6 is 11.3 Å². The summed E-state index contributed by atoms with van der Waals surface area (Å²) in [6.45, 7) is 4.82. The molecule has 4 heteroatoms. The number of nitrogens with two attached hydrogens (primary N) is 1. The average molecular weight is 262 g/mol. The van der Waals surface area contributed by atoms with E-state index >= 15 is 0 Å². The number of methoxy groups -OCH3 is 1. The maximum Gasteiger partial charge on any atom is 0.129 e. The van der Waals surface area contributed by atoms with Crippen molar-refractivity contribution in [2.45, 2.75) is 26.3 Å². The van der Waals surface area contributed by atoms with Crippen molar-refractivity contribution < 1.29 is 4.74 Å². The van der Waals surface area contributed by atoms with Gasteiger partial charge in [0.05, 0.1) is 18.4 Å². The van der Waals surface area contributed by atoms with E-state index in [4.69, 9.17) is 15.5 Å². The van der Waals surface area contributed by atoms with Crippen LogP contribution in [0.4, 0.5) is 0 Å². The zero-order valence-electron chi connectivity index (χ0n) is 10.9. The minimum absolute atomic E-state index is 0.392. The summed E-state index contributed by atoms with van der Waals surface area (Å²) in [5.41, 5.74) is 7.92. The lowest BCUT2D eigenvalue weighted by Gasteiger charge is -2.04. The number of para-hydroxylation sites is 1. The first-order chi connectivity index (χ1) is 8.67. The van der Waals surface area contributed by atoms with Crippen molar-refractivity contribution in [1.82, 2.24) is 4.98 Å². The Balaban J connectivity index is 2.51. The molecule has 18 heavy (non-hydrogen) atoms. The predicted octanol–water partition coefficient (Wildman–Crippen LogP) is 3.40. The van der Waals surface area contributed by atoms with E-state index in [1.165, 1.54) is 0 Å². The third-order valence-corrected chi connectivity index (χ3v) is 3.92. The van der Waals surface area contributed by atoms with E-state index in [1.54, 1.807) is 18.4 Å². The van der Waals surface area contributed by atoms with Crippen molar-refractivity contribution in [1.29, 1.82) is 0 Å². The Bertz CT molecular complexity index is 534. The fourth-order valence-electron chi connectivity index (χ4n) is 1.90. The number of thiazole rings is 1. The summed E-state index contributed by atoms with van der Waals surface area (Å²) < 4.78 is 5.38. The van der Waals surface area contributed by atoms with Gasteiger partial charge in [0.15, 0.2) is 0 Å². The lowest BCUT2D eigenvalue weighted by atomic mass is 10.1. The molecule has 96 valence electrons. The molecule has 0 saturated carbocycles. The molecular weight excluding hydrogens is 244 g/mol. The highest BCUT2D eigenvalue weighted by Gasteiger charge is 2.16. The molecule has 0 bridgehead atoms. The fourth-order valence-corrected chi connectivity index (χ4v) is 3.02. The van der Waals surface area contributed by atoms with Gasteiger partial charge in [-0.15, -0.1) is 11.3 Å². The van der Waals surface area contributed by atoms with Crippen molar-refractivity contribution in [2.24, 2.45) is 5.73 Å². The summed E-state index contributed by atoms with van der Waals surface area (Å²) in [6, 6.07) is 7.94. The van der Waals surface area contributed by atoms with Crippen LogP contribution in [0, 0.1) is 0 Å². The van der Waals surface area contributed by atoms with Crippen LogP contribution < -0.4 is 10.5 Å². The molecule has 0 spiro atoms. The standard InChI is InChI=1S/C14H18N2OS/c1-9(2)13-12(8-15)18-14(16-13)10-6-4-5-7-11(10)17-3/h4-7,9H,8,15H2,1-3H3. The number of ether oxygens (including phenoxy) is 1. The molecular formula is C14H18N2OS. The van der Waals surface area contributed by atoms with E-state index in [9.17, 15) is 0 Å². The summed E-state index contributed by atoms with van der Waals surface area (Å²) in [4.78, 5) is 5.88. The van der Waals surface area contributed by atoms with E-state index in [0.29, 0.717) is 12.5 Å². The van der Waals surface area contributed by atoms with E-state index in [-0.39, 0.29) is 0 Å². The molecule has 2 N–H and O–H groups in total. The van der Waals surface area contributed by atoms with Crippen LogP contribution in [-0.2, 0) is 6.54 Å². The normalized spacial score (nSPS) is 10.9. The molecule has 1 heterocycles. The van der Waals surface area contributed by atoms with Gasteiger partial charge in [-0.1, -0.05) is 26.0 Å². The largest absolute Gasteiger partial charge is 0.496 e. The first kappa shape index (κ1) is 13.1. The summed E-state index contributed by atoms with van der Waals surface area (Å²) in [5.74, 6) is 1.24. The second-order valence-electron chi connectivity index (χ2n) is 4.39. The fraction of sp³-hybridized carbons (Fsp3) is 0.357. The Labute approximate surface area is 112 Å². The summed E-state index contributed by atoms with van der Waals surface area (Å²) in [7, 11) is 1.68. The highest BCUT2D eigenvalue weighted by Crippen LogP contribution is 2.36. The number of aromatic nitrogens is 1. The van der Waals surface area contributed by atoms with Gasteiger partial charge in [-0.3, -0.25) is 0 Å². The molecule has 2 aromatic rings. The lowest BCUT2D eigenvalue weighted by molar-refractivity contribution is 0.416. The van der Waals surface area contributed by atoms with Crippen LogP contribution in [-0.4, -0.2) is 12.1 Å². The number of nitrogens with zero attached hydrogens (tertiary/aromatic N) is 1. The molecule has 0 unspecified atom stereocenters.